The van der Waals surface area contributed by atoms with E-state index in [-0.39, 0.29) is 5.75 Å². The fraction of sp³-hybridized carbons (Fsp3) is 0. The monoisotopic (exact) mass is 280 g/mol. The van der Waals surface area contributed by atoms with Gasteiger partial charge in [-0.25, -0.2) is 14.4 Å². The summed E-state index contributed by atoms with van der Waals surface area (Å²) < 4.78 is 18.9. The average molecular weight is 280 g/mol. The Kier molecular flexibility index (Phi) is 2.41. The lowest BCUT2D eigenvalue weighted by Gasteiger charge is -2.02. The highest BCUT2D eigenvalue weighted by molar-refractivity contribution is 5.86. The number of oxazole rings is 1. The molecule has 2 aromatic carbocycles. The number of hydrogen-bond acceptors (Lipinski definition) is 4. The van der Waals surface area contributed by atoms with Crippen molar-refractivity contribution in [1.29, 1.82) is 0 Å². The van der Waals surface area contributed by atoms with Crippen molar-refractivity contribution in [3.8, 4) is 17.3 Å². The fourth-order valence-electron chi connectivity index (χ4n) is 2.28. The Bertz CT molecular complexity index is 946. The molecular formula is C16H9FN2O2. The van der Waals surface area contributed by atoms with Crippen molar-refractivity contribution in [2.45, 2.75) is 0 Å². The molecule has 21 heavy (non-hydrogen) atoms. The van der Waals surface area contributed by atoms with E-state index in [1.165, 1.54) is 6.07 Å². The first-order chi connectivity index (χ1) is 10.2. The summed E-state index contributed by atoms with van der Waals surface area (Å²) in [4.78, 5) is 8.66. The smallest absolute Gasteiger partial charge is 0.246 e. The zero-order valence-electron chi connectivity index (χ0n) is 10.7. The lowest BCUT2D eigenvalue weighted by Crippen LogP contribution is -1.87. The SMILES string of the molecule is Oc1cc(F)cc2ccc(-c3nc4ccccc4o3)nc12. The number of para-hydroxylation sites is 2. The van der Waals surface area contributed by atoms with E-state index in [0.29, 0.717) is 28.1 Å². The van der Waals surface area contributed by atoms with E-state index in [1.54, 1.807) is 12.1 Å². The summed E-state index contributed by atoms with van der Waals surface area (Å²) in [6, 6.07) is 13.1. The van der Waals surface area contributed by atoms with Crippen molar-refractivity contribution >= 4 is 22.0 Å². The van der Waals surface area contributed by atoms with Crippen LogP contribution in [0.15, 0.2) is 52.9 Å². The Morgan fingerprint density at radius 2 is 1.86 bits per heavy atom. The molecule has 0 fully saturated rings. The fourth-order valence-corrected chi connectivity index (χ4v) is 2.28. The summed E-state index contributed by atoms with van der Waals surface area (Å²) in [5.41, 5.74) is 2.20. The number of rotatable bonds is 1. The first-order valence-electron chi connectivity index (χ1n) is 6.36. The lowest BCUT2D eigenvalue weighted by atomic mass is 10.2. The van der Waals surface area contributed by atoms with E-state index in [9.17, 15) is 9.50 Å². The number of fused-ring (bicyclic) bond motifs is 2. The third-order valence-corrected chi connectivity index (χ3v) is 3.25. The van der Waals surface area contributed by atoms with Crippen molar-refractivity contribution in [1.82, 2.24) is 9.97 Å². The molecular weight excluding hydrogens is 271 g/mol. The third kappa shape index (κ3) is 1.90. The number of nitrogens with zero attached hydrogens (tertiary/aromatic N) is 2. The molecule has 4 nitrogen and oxygen atoms in total. The molecule has 2 heterocycles. The van der Waals surface area contributed by atoms with Crippen LogP contribution in [0.5, 0.6) is 5.75 Å². The predicted octanol–water partition coefficient (Wildman–Crippen LogP) is 3.89. The van der Waals surface area contributed by atoms with Crippen LogP contribution in [0.1, 0.15) is 0 Å². The Balaban J connectivity index is 1.94. The number of hydrogen-bond donors (Lipinski definition) is 1. The molecule has 0 spiro atoms. The molecule has 4 rings (SSSR count). The molecule has 102 valence electrons. The number of pyridine rings is 1. The highest BCUT2D eigenvalue weighted by Crippen LogP contribution is 2.28. The van der Waals surface area contributed by atoms with Gasteiger partial charge in [-0.05, 0) is 24.3 Å². The minimum absolute atomic E-state index is 0.206. The number of aromatic nitrogens is 2. The average Bonchev–Trinajstić information content (AvgIpc) is 2.90. The normalized spacial score (nSPS) is 11.3. The van der Waals surface area contributed by atoms with Crippen molar-refractivity contribution in [3.63, 3.8) is 0 Å². The number of halogens is 1. The van der Waals surface area contributed by atoms with Crippen LogP contribution in [0.3, 0.4) is 0 Å². The van der Waals surface area contributed by atoms with Gasteiger partial charge < -0.3 is 9.52 Å². The van der Waals surface area contributed by atoms with Gasteiger partial charge in [0.1, 0.15) is 28.3 Å². The molecule has 0 saturated carbocycles. The van der Waals surface area contributed by atoms with Gasteiger partial charge in [0.05, 0.1) is 0 Å². The van der Waals surface area contributed by atoms with Gasteiger partial charge in [-0.1, -0.05) is 18.2 Å². The zero-order valence-corrected chi connectivity index (χ0v) is 10.7. The zero-order chi connectivity index (χ0) is 14.4. The van der Waals surface area contributed by atoms with E-state index in [0.717, 1.165) is 11.6 Å². The summed E-state index contributed by atoms with van der Waals surface area (Å²) in [6.45, 7) is 0. The topological polar surface area (TPSA) is 59.2 Å². The van der Waals surface area contributed by atoms with Crippen LogP contribution < -0.4 is 0 Å². The number of aromatic hydroxyl groups is 1. The maximum Gasteiger partial charge on any atom is 0.246 e. The molecule has 5 heteroatoms. The minimum atomic E-state index is -0.503. The van der Waals surface area contributed by atoms with Gasteiger partial charge in [-0.15, -0.1) is 0 Å². The highest BCUT2D eigenvalue weighted by atomic mass is 19.1. The molecule has 0 unspecified atom stereocenters. The molecule has 1 N–H and O–H groups in total. The summed E-state index contributed by atoms with van der Waals surface area (Å²) in [5.74, 6) is -0.346. The molecule has 0 amide bonds. The Morgan fingerprint density at radius 1 is 1.00 bits per heavy atom. The van der Waals surface area contributed by atoms with Gasteiger partial charge in [0.25, 0.3) is 0 Å². The first kappa shape index (κ1) is 11.8. The van der Waals surface area contributed by atoms with Crippen LogP contribution in [-0.4, -0.2) is 15.1 Å². The number of phenolic OH excluding ortho intramolecular Hbond substituents is 1. The molecule has 2 aromatic heterocycles. The van der Waals surface area contributed by atoms with Gasteiger partial charge in [0.2, 0.25) is 5.89 Å². The number of benzene rings is 2. The standard InChI is InChI=1S/C16H9FN2O2/c17-10-7-9-5-6-12(18-15(9)13(20)8-10)16-19-11-3-1-2-4-14(11)21-16/h1-8,20H. The second-order valence-corrected chi connectivity index (χ2v) is 4.68. The largest absolute Gasteiger partial charge is 0.506 e. The molecule has 0 aliphatic heterocycles. The molecule has 0 aliphatic rings. The van der Waals surface area contributed by atoms with Gasteiger partial charge in [-0.2, -0.15) is 0 Å². The van der Waals surface area contributed by atoms with Crippen molar-refractivity contribution in [3.05, 3.63) is 54.3 Å². The lowest BCUT2D eigenvalue weighted by molar-refractivity contribution is 0.474. The molecule has 0 atom stereocenters. The van der Waals surface area contributed by atoms with Gasteiger partial charge in [0.15, 0.2) is 5.58 Å². The second-order valence-electron chi connectivity index (χ2n) is 4.68. The molecule has 0 bridgehead atoms. The van der Waals surface area contributed by atoms with Crippen LogP contribution in [0.25, 0.3) is 33.6 Å². The van der Waals surface area contributed by atoms with Gasteiger partial charge in [0, 0.05) is 11.5 Å². The predicted molar refractivity (Wildman–Crippen MR) is 76.4 cm³/mol. The summed E-state index contributed by atoms with van der Waals surface area (Å²) >= 11 is 0. The Morgan fingerprint density at radius 3 is 2.71 bits per heavy atom. The maximum absolute atomic E-state index is 13.2. The van der Waals surface area contributed by atoms with Crippen LogP contribution in [0.2, 0.25) is 0 Å². The minimum Gasteiger partial charge on any atom is -0.506 e. The second kappa shape index (κ2) is 4.28. The highest BCUT2D eigenvalue weighted by Gasteiger charge is 2.12. The van der Waals surface area contributed by atoms with Crippen LogP contribution in [0, 0.1) is 5.82 Å². The maximum atomic E-state index is 13.2. The van der Waals surface area contributed by atoms with E-state index < -0.39 is 5.82 Å². The molecule has 0 aliphatic carbocycles. The van der Waals surface area contributed by atoms with E-state index in [4.69, 9.17) is 4.42 Å². The van der Waals surface area contributed by atoms with Crippen LogP contribution in [-0.2, 0) is 0 Å². The third-order valence-electron chi connectivity index (χ3n) is 3.25. The van der Waals surface area contributed by atoms with Gasteiger partial charge >= 0.3 is 0 Å². The van der Waals surface area contributed by atoms with Gasteiger partial charge in [-0.3, -0.25) is 0 Å². The van der Waals surface area contributed by atoms with Crippen molar-refractivity contribution < 1.29 is 13.9 Å². The first-order valence-corrected chi connectivity index (χ1v) is 6.36. The van der Waals surface area contributed by atoms with E-state index in [2.05, 4.69) is 9.97 Å². The summed E-state index contributed by atoms with van der Waals surface area (Å²) in [7, 11) is 0. The van der Waals surface area contributed by atoms with Crippen molar-refractivity contribution in [2.75, 3.05) is 0 Å². The van der Waals surface area contributed by atoms with Crippen molar-refractivity contribution in [2.24, 2.45) is 0 Å². The Hall–Kier alpha value is -2.95. The summed E-state index contributed by atoms with van der Waals surface area (Å²) in [5, 5.41) is 10.3. The number of phenols is 1. The molecule has 0 saturated heterocycles. The van der Waals surface area contributed by atoms with Crippen LogP contribution in [0.4, 0.5) is 4.39 Å². The quantitative estimate of drug-likeness (QED) is 0.574. The van der Waals surface area contributed by atoms with E-state index >= 15 is 0 Å². The molecule has 4 aromatic rings. The Labute approximate surface area is 118 Å². The molecule has 0 radical (unpaired) electrons. The van der Waals surface area contributed by atoms with Crippen LogP contribution >= 0.6 is 0 Å². The van der Waals surface area contributed by atoms with E-state index in [1.807, 2.05) is 24.3 Å². The summed E-state index contributed by atoms with van der Waals surface area (Å²) in [6.07, 6.45) is 0.